The Kier molecular flexibility index (Phi) is 3.84. The van der Waals surface area contributed by atoms with Crippen molar-refractivity contribution < 1.29 is 4.79 Å². The molecule has 0 aromatic rings. The van der Waals surface area contributed by atoms with Crippen LogP contribution in [0.2, 0.25) is 0 Å². The van der Waals surface area contributed by atoms with E-state index in [4.69, 9.17) is 5.73 Å². The third-order valence-corrected chi connectivity index (χ3v) is 2.69. The Morgan fingerprint density at radius 2 is 2.15 bits per heavy atom. The second-order valence-electron chi connectivity index (χ2n) is 3.49. The molecule has 13 heavy (non-hydrogen) atoms. The SMILES string of the molecule is CCNC1(C(=O)CN)CCNCC1. The lowest BCUT2D eigenvalue weighted by atomic mass is 9.84. The third kappa shape index (κ3) is 2.27. The summed E-state index contributed by atoms with van der Waals surface area (Å²) in [5.74, 6) is 0.149. The minimum absolute atomic E-state index is 0.146. The Balaban J connectivity index is 2.66. The summed E-state index contributed by atoms with van der Waals surface area (Å²) in [6, 6.07) is 0. The number of Topliss-reactive ketones (excluding diaryl/α,β-unsaturated/α-hetero) is 1. The molecule has 0 unspecified atom stereocenters. The molecule has 0 aromatic heterocycles. The van der Waals surface area contributed by atoms with Crippen LogP contribution in [0.1, 0.15) is 19.8 Å². The Morgan fingerprint density at radius 1 is 1.54 bits per heavy atom. The largest absolute Gasteiger partial charge is 0.324 e. The number of nitrogens with two attached hydrogens (primary N) is 1. The highest BCUT2D eigenvalue weighted by Gasteiger charge is 2.36. The predicted molar refractivity (Wildman–Crippen MR) is 52.6 cm³/mol. The number of carbonyl (C=O) groups is 1. The normalized spacial score (nSPS) is 21.4. The van der Waals surface area contributed by atoms with Crippen LogP contribution in [0.4, 0.5) is 0 Å². The van der Waals surface area contributed by atoms with Crippen molar-refractivity contribution >= 4 is 5.78 Å². The standard InChI is InChI=1S/C9H19N3O/c1-2-12-9(8(13)7-10)3-5-11-6-4-9/h11-12H,2-7,10H2,1H3. The molecule has 0 saturated carbocycles. The molecule has 1 rings (SSSR count). The van der Waals surface area contributed by atoms with Gasteiger partial charge in [-0.3, -0.25) is 4.79 Å². The smallest absolute Gasteiger partial charge is 0.166 e. The predicted octanol–water partition coefficient (Wildman–Crippen LogP) is -0.754. The maximum absolute atomic E-state index is 11.7. The van der Waals surface area contributed by atoms with Crippen molar-refractivity contribution in [1.29, 1.82) is 0 Å². The van der Waals surface area contributed by atoms with Crippen LogP contribution in [0.5, 0.6) is 0 Å². The van der Waals surface area contributed by atoms with Gasteiger partial charge in [-0.15, -0.1) is 0 Å². The number of likely N-dealkylation sites (N-methyl/N-ethyl adjacent to an activating group) is 1. The average molecular weight is 185 g/mol. The molecule has 0 bridgehead atoms. The van der Waals surface area contributed by atoms with Crippen LogP contribution in [0.3, 0.4) is 0 Å². The number of ketones is 1. The van der Waals surface area contributed by atoms with Crippen LogP contribution < -0.4 is 16.4 Å². The van der Waals surface area contributed by atoms with E-state index in [9.17, 15) is 4.79 Å². The molecule has 1 heterocycles. The van der Waals surface area contributed by atoms with Crippen LogP contribution in [0.25, 0.3) is 0 Å². The third-order valence-electron chi connectivity index (χ3n) is 2.69. The first-order chi connectivity index (χ1) is 6.25. The van der Waals surface area contributed by atoms with Gasteiger partial charge in [0.05, 0.1) is 12.1 Å². The van der Waals surface area contributed by atoms with Gasteiger partial charge in [0.25, 0.3) is 0 Å². The lowest BCUT2D eigenvalue weighted by Crippen LogP contribution is -2.59. The molecule has 0 aliphatic carbocycles. The summed E-state index contributed by atoms with van der Waals surface area (Å²) in [5, 5.41) is 6.52. The van der Waals surface area contributed by atoms with Gasteiger partial charge in [0.2, 0.25) is 0 Å². The zero-order valence-corrected chi connectivity index (χ0v) is 8.23. The lowest BCUT2D eigenvalue weighted by molar-refractivity contribution is -0.125. The maximum Gasteiger partial charge on any atom is 0.166 e. The molecule has 76 valence electrons. The maximum atomic E-state index is 11.7. The molecule has 4 N–H and O–H groups in total. The van der Waals surface area contributed by atoms with E-state index in [-0.39, 0.29) is 17.9 Å². The second-order valence-corrected chi connectivity index (χ2v) is 3.49. The Bertz CT molecular complexity index is 170. The summed E-state index contributed by atoms with van der Waals surface area (Å²) < 4.78 is 0. The van der Waals surface area contributed by atoms with Crippen LogP contribution in [0.15, 0.2) is 0 Å². The van der Waals surface area contributed by atoms with Crippen molar-refractivity contribution in [1.82, 2.24) is 10.6 Å². The van der Waals surface area contributed by atoms with Crippen LogP contribution in [-0.2, 0) is 4.79 Å². The van der Waals surface area contributed by atoms with Crippen LogP contribution in [-0.4, -0.2) is 37.5 Å². The second kappa shape index (κ2) is 4.69. The van der Waals surface area contributed by atoms with Gasteiger partial charge in [0.1, 0.15) is 0 Å². The molecule has 1 saturated heterocycles. The zero-order chi connectivity index (χ0) is 9.73. The lowest BCUT2D eigenvalue weighted by Gasteiger charge is -2.36. The molecule has 4 nitrogen and oxygen atoms in total. The molecule has 1 fully saturated rings. The van der Waals surface area contributed by atoms with E-state index >= 15 is 0 Å². The highest BCUT2D eigenvalue weighted by Crippen LogP contribution is 2.18. The van der Waals surface area contributed by atoms with E-state index in [2.05, 4.69) is 10.6 Å². The number of nitrogens with one attached hydrogen (secondary N) is 2. The Labute approximate surface area is 79.3 Å². The summed E-state index contributed by atoms with van der Waals surface area (Å²) in [6.45, 7) is 4.80. The molecular formula is C9H19N3O. The molecule has 4 heteroatoms. The van der Waals surface area contributed by atoms with Crippen molar-refractivity contribution in [3.8, 4) is 0 Å². The first kappa shape index (κ1) is 10.6. The molecular weight excluding hydrogens is 166 g/mol. The zero-order valence-electron chi connectivity index (χ0n) is 8.23. The van der Waals surface area contributed by atoms with Gasteiger partial charge < -0.3 is 16.4 Å². The molecule has 0 atom stereocenters. The molecule has 0 aromatic carbocycles. The summed E-state index contributed by atoms with van der Waals surface area (Å²) in [4.78, 5) is 11.7. The average Bonchev–Trinajstić information content (AvgIpc) is 2.18. The fraction of sp³-hybridized carbons (Fsp3) is 0.889. The highest BCUT2D eigenvalue weighted by molar-refractivity contribution is 5.90. The molecule has 0 spiro atoms. The van der Waals surface area contributed by atoms with Crippen molar-refractivity contribution in [3.05, 3.63) is 0 Å². The van der Waals surface area contributed by atoms with E-state index in [1.807, 2.05) is 6.92 Å². The Morgan fingerprint density at radius 3 is 2.62 bits per heavy atom. The monoisotopic (exact) mass is 185 g/mol. The minimum Gasteiger partial charge on any atom is -0.324 e. The van der Waals surface area contributed by atoms with E-state index < -0.39 is 0 Å². The number of piperidine rings is 1. The van der Waals surface area contributed by atoms with Gasteiger partial charge in [-0.05, 0) is 32.5 Å². The molecule has 0 radical (unpaired) electrons. The Hall–Kier alpha value is -0.450. The summed E-state index contributed by atoms with van der Waals surface area (Å²) in [7, 11) is 0. The van der Waals surface area contributed by atoms with Crippen molar-refractivity contribution in [2.75, 3.05) is 26.2 Å². The molecule has 1 aliphatic heterocycles. The van der Waals surface area contributed by atoms with Gasteiger partial charge in [-0.1, -0.05) is 6.92 Å². The quantitative estimate of drug-likeness (QED) is 0.539. The molecule has 0 amide bonds. The van der Waals surface area contributed by atoms with Gasteiger partial charge >= 0.3 is 0 Å². The summed E-state index contributed by atoms with van der Waals surface area (Å²) in [5.41, 5.74) is 5.07. The first-order valence-electron chi connectivity index (χ1n) is 4.94. The van der Waals surface area contributed by atoms with Crippen molar-refractivity contribution in [2.45, 2.75) is 25.3 Å². The van der Waals surface area contributed by atoms with Crippen molar-refractivity contribution in [3.63, 3.8) is 0 Å². The number of rotatable bonds is 4. The number of carbonyl (C=O) groups excluding carboxylic acids is 1. The van der Waals surface area contributed by atoms with Gasteiger partial charge in [-0.2, -0.15) is 0 Å². The summed E-state index contributed by atoms with van der Waals surface area (Å²) in [6.07, 6.45) is 1.72. The minimum atomic E-state index is -0.339. The van der Waals surface area contributed by atoms with E-state index in [1.54, 1.807) is 0 Å². The number of hydrogen-bond acceptors (Lipinski definition) is 4. The van der Waals surface area contributed by atoms with Gasteiger partial charge in [-0.25, -0.2) is 0 Å². The van der Waals surface area contributed by atoms with Crippen molar-refractivity contribution in [2.24, 2.45) is 5.73 Å². The summed E-state index contributed by atoms with van der Waals surface area (Å²) >= 11 is 0. The van der Waals surface area contributed by atoms with Gasteiger partial charge in [0, 0.05) is 0 Å². The first-order valence-corrected chi connectivity index (χ1v) is 4.94. The topological polar surface area (TPSA) is 67.2 Å². The van der Waals surface area contributed by atoms with Crippen LogP contribution >= 0.6 is 0 Å². The van der Waals surface area contributed by atoms with Gasteiger partial charge in [0.15, 0.2) is 5.78 Å². The molecule has 1 aliphatic rings. The fourth-order valence-electron chi connectivity index (χ4n) is 1.94. The van der Waals surface area contributed by atoms with E-state index in [0.29, 0.717) is 0 Å². The van der Waals surface area contributed by atoms with E-state index in [1.165, 1.54) is 0 Å². The number of hydrogen-bond donors (Lipinski definition) is 3. The van der Waals surface area contributed by atoms with Crippen LogP contribution in [0, 0.1) is 0 Å². The highest BCUT2D eigenvalue weighted by atomic mass is 16.1. The van der Waals surface area contributed by atoms with E-state index in [0.717, 1.165) is 32.5 Å². The fourth-order valence-corrected chi connectivity index (χ4v) is 1.94.